The normalized spacial score (nSPS) is 13.9. The lowest BCUT2D eigenvalue weighted by Gasteiger charge is -2.14. The Hall–Kier alpha value is -2.14. The van der Waals surface area contributed by atoms with Gasteiger partial charge >= 0.3 is 0 Å². The second-order valence-corrected chi connectivity index (χ2v) is 5.08. The fourth-order valence-electron chi connectivity index (χ4n) is 2.67. The zero-order valence-corrected chi connectivity index (χ0v) is 11.7. The van der Waals surface area contributed by atoms with Crippen molar-refractivity contribution in [2.24, 2.45) is 7.05 Å². The number of benzene rings is 1. The van der Waals surface area contributed by atoms with Crippen LogP contribution in [0.1, 0.15) is 18.2 Å². The summed E-state index contributed by atoms with van der Waals surface area (Å²) >= 11 is 0. The fourth-order valence-corrected chi connectivity index (χ4v) is 2.67. The van der Waals surface area contributed by atoms with E-state index in [0.29, 0.717) is 0 Å². The second kappa shape index (κ2) is 5.09. The molecule has 1 amide bonds. The molecule has 2 heterocycles. The lowest BCUT2D eigenvalue weighted by molar-refractivity contribution is -0.114. The van der Waals surface area contributed by atoms with Gasteiger partial charge in [0.1, 0.15) is 0 Å². The molecule has 1 aromatic heterocycles. The molecule has 0 spiro atoms. The molecule has 5 heteroatoms. The summed E-state index contributed by atoms with van der Waals surface area (Å²) in [5.74, 6) is -0.0582. The van der Waals surface area contributed by atoms with E-state index in [0.717, 1.165) is 36.5 Å². The Labute approximate surface area is 118 Å². The fraction of sp³-hybridized carbons (Fsp3) is 0.333. The van der Waals surface area contributed by atoms with Crippen LogP contribution < -0.4 is 10.6 Å². The van der Waals surface area contributed by atoms with Crippen molar-refractivity contribution in [3.8, 4) is 11.3 Å². The Kier molecular flexibility index (Phi) is 3.28. The molecule has 20 heavy (non-hydrogen) atoms. The number of aryl methyl sites for hydroxylation is 1. The third kappa shape index (κ3) is 2.32. The van der Waals surface area contributed by atoms with E-state index in [4.69, 9.17) is 0 Å². The maximum atomic E-state index is 11.0. The Morgan fingerprint density at radius 2 is 2.10 bits per heavy atom. The van der Waals surface area contributed by atoms with E-state index in [1.54, 1.807) is 0 Å². The highest BCUT2D eigenvalue weighted by Gasteiger charge is 2.19. The maximum Gasteiger partial charge on any atom is 0.221 e. The molecule has 0 unspecified atom stereocenters. The van der Waals surface area contributed by atoms with Crippen LogP contribution in [-0.2, 0) is 24.8 Å². The molecule has 1 aliphatic rings. The van der Waals surface area contributed by atoms with Gasteiger partial charge in [0.2, 0.25) is 5.91 Å². The van der Waals surface area contributed by atoms with Gasteiger partial charge in [-0.3, -0.25) is 9.48 Å². The number of fused-ring (bicyclic) bond motifs is 1. The van der Waals surface area contributed by atoms with Gasteiger partial charge in [-0.1, -0.05) is 12.1 Å². The first kappa shape index (κ1) is 12.9. The number of carbonyl (C=O) groups is 1. The highest BCUT2D eigenvalue weighted by Crippen LogP contribution is 2.28. The zero-order chi connectivity index (χ0) is 14.1. The summed E-state index contributed by atoms with van der Waals surface area (Å²) < 4.78 is 1.98. The van der Waals surface area contributed by atoms with E-state index in [2.05, 4.69) is 15.7 Å². The number of rotatable bonds is 2. The van der Waals surface area contributed by atoms with Crippen LogP contribution in [0.15, 0.2) is 24.3 Å². The summed E-state index contributed by atoms with van der Waals surface area (Å²) in [5, 5.41) is 10.8. The van der Waals surface area contributed by atoms with Crippen molar-refractivity contribution in [1.29, 1.82) is 0 Å². The molecule has 0 radical (unpaired) electrons. The SMILES string of the molecule is CC(=O)Nc1ccc(-c2nn(C)c3c2CNCC3)cc1. The first-order chi connectivity index (χ1) is 9.65. The smallest absolute Gasteiger partial charge is 0.221 e. The van der Waals surface area contributed by atoms with E-state index < -0.39 is 0 Å². The molecular formula is C15H18N4O. The number of hydrogen-bond acceptors (Lipinski definition) is 3. The summed E-state index contributed by atoms with van der Waals surface area (Å²) in [4.78, 5) is 11.0. The predicted octanol–water partition coefficient (Wildman–Crippen LogP) is 1.69. The topological polar surface area (TPSA) is 59.0 Å². The van der Waals surface area contributed by atoms with Crippen LogP contribution >= 0.6 is 0 Å². The minimum absolute atomic E-state index is 0.0582. The van der Waals surface area contributed by atoms with Crippen LogP contribution in [0.5, 0.6) is 0 Å². The van der Waals surface area contributed by atoms with E-state index in [9.17, 15) is 4.79 Å². The second-order valence-electron chi connectivity index (χ2n) is 5.08. The highest BCUT2D eigenvalue weighted by atomic mass is 16.1. The molecule has 0 saturated carbocycles. The van der Waals surface area contributed by atoms with E-state index >= 15 is 0 Å². The van der Waals surface area contributed by atoms with Crippen molar-refractivity contribution in [3.63, 3.8) is 0 Å². The number of carbonyl (C=O) groups excluding carboxylic acids is 1. The molecule has 1 aromatic carbocycles. The van der Waals surface area contributed by atoms with Crippen molar-refractivity contribution >= 4 is 11.6 Å². The average molecular weight is 270 g/mol. The summed E-state index contributed by atoms with van der Waals surface area (Å²) in [6.45, 7) is 3.38. The van der Waals surface area contributed by atoms with E-state index in [1.165, 1.54) is 18.2 Å². The van der Waals surface area contributed by atoms with Crippen LogP contribution in [0.2, 0.25) is 0 Å². The number of aromatic nitrogens is 2. The Balaban J connectivity index is 1.95. The van der Waals surface area contributed by atoms with Gasteiger partial charge in [0.05, 0.1) is 5.69 Å². The molecule has 0 fully saturated rings. The van der Waals surface area contributed by atoms with Crippen molar-refractivity contribution in [2.75, 3.05) is 11.9 Å². The van der Waals surface area contributed by atoms with Crippen LogP contribution in [0.25, 0.3) is 11.3 Å². The average Bonchev–Trinajstić information content (AvgIpc) is 2.77. The Bertz CT molecular complexity index is 643. The van der Waals surface area contributed by atoms with Crippen molar-refractivity contribution in [2.45, 2.75) is 19.9 Å². The number of hydrogen-bond donors (Lipinski definition) is 2. The van der Waals surface area contributed by atoms with Gasteiger partial charge in [-0.05, 0) is 12.1 Å². The molecular weight excluding hydrogens is 252 g/mol. The van der Waals surface area contributed by atoms with Gasteiger partial charge in [-0.2, -0.15) is 5.10 Å². The van der Waals surface area contributed by atoms with E-state index in [1.807, 2.05) is 36.0 Å². The predicted molar refractivity (Wildman–Crippen MR) is 78.4 cm³/mol. The molecule has 0 atom stereocenters. The minimum atomic E-state index is -0.0582. The molecule has 0 aliphatic carbocycles. The van der Waals surface area contributed by atoms with Gasteiger partial charge in [0.25, 0.3) is 0 Å². The molecule has 0 saturated heterocycles. The zero-order valence-electron chi connectivity index (χ0n) is 11.7. The Morgan fingerprint density at radius 1 is 1.35 bits per heavy atom. The van der Waals surface area contributed by atoms with Gasteiger partial charge in [0, 0.05) is 56.0 Å². The molecule has 0 bridgehead atoms. The van der Waals surface area contributed by atoms with E-state index in [-0.39, 0.29) is 5.91 Å². The van der Waals surface area contributed by atoms with Crippen molar-refractivity contribution < 1.29 is 4.79 Å². The summed E-state index contributed by atoms with van der Waals surface area (Å²) in [6.07, 6.45) is 1.02. The van der Waals surface area contributed by atoms with Crippen LogP contribution in [0.3, 0.4) is 0 Å². The standard InChI is InChI=1S/C15H18N4O/c1-10(20)17-12-5-3-11(4-6-12)15-13-9-16-8-7-14(13)19(2)18-15/h3-6,16H,7-9H2,1-2H3,(H,17,20). The maximum absolute atomic E-state index is 11.0. The van der Waals surface area contributed by atoms with Crippen LogP contribution in [0, 0.1) is 0 Å². The quantitative estimate of drug-likeness (QED) is 0.873. The first-order valence-electron chi connectivity index (χ1n) is 6.78. The number of nitrogens with zero attached hydrogens (tertiary/aromatic N) is 2. The van der Waals surface area contributed by atoms with Gasteiger partial charge in [-0.25, -0.2) is 0 Å². The third-order valence-electron chi connectivity index (χ3n) is 3.59. The molecule has 2 N–H and O–H groups in total. The molecule has 5 nitrogen and oxygen atoms in total. The lowest BCUT2D eigenvalue weighted by atomic mass is 10.0. The number of anilines is 1. The van der Waals surface area contributed by atoms with Crippen LogP contribution in [0.4, 0.5) is 5.69 Å². The van der Waals surface area contributed by atoms with Gasteiger partial charge in [0.15, 0.2) is 0 Å². The van der Waals surface area contributed by atoms with Gasteiger partial charge in [-0.15, -0.1) is 0 Å². The monoisotopic (exact) mass is 270 g/mol. The largest absolute Gasteiger partial charge is 0.326 e. The van der Waals surface area contributed by atoms with Gasteiger partial charge < -0.3 is 10.6 Å². The third-order valence-corrected chi connectivity index (χ3v) is 3.59. The molecule has 3 rings (SSSR count). The molecule has 104 valence electrons. The van der Waals surface area contributed by atoms with Crippen LogP contribution in [-0.4, -0.2) is 22.2 Å². The van der Waals surface area contributed by atoms with Crippen molar-refractivity contribution in [1.82, 2.24) is 15.1 Å². The summed E-state index contributed by atoms with van der Waals surface area (Å²) in [6, 6.07) is 7.83. The van der Waals surface area contributed by atoms with Crippen molar-refractivity contribution in [3.05, 3.63) is 35.5 Å². The summed E-state index contributed by atoms with van der Waals surface area (Å²) in [7, 11) is 2.00. The molecule has 2 aromatic rings. The summed E-state index contributed by atoms with van der Waals surface area (Å²) in [5.41, 5.74) is 5.52. The number of nitrogens with one attached hydrogen (secondary N) is 2. The number of amides is 1. The highest BCUT2D eigenvalue weighted by molar-refractivity contribution is 5.89. The molecule has 1 aliphatic heterocycles. The lowest BCUT2D eigenvalue weighted by Crippen LogP contribution is -2.24. The Morgan fingerprint density at radius 3 is 2.80 bits per heavy atom. The first-order valence-corrected chi connectivity index (χ1v) is 6.78. The minimum Gasteiger partial charge on any atom is -0.326 e.